The fourth-order valence-electron chi connectivity index (χ4n) is 4.33. The maximum atomic E-state index is 13.6. The van der Waals surface area contributed by atoms with Crippen LogP contribution in [0.3, 0.4) is 0 Å². The third-order valence-electron chi connectivity index (χ3n) is 5.88. The number of halogens is 3. The summed E-state index contributed by atoms with van der Waals surface area (Å²) in [6.07, 6.45) is -4.66. The topological polar surface area (TPSA) is 82.2 Å². The van der Waals surface area contributed by atoms with E-state index in [0.29, 0.717) is 32.0 Å². The second kappa shape index (κ2) is 8.45. The van der Waals surface area contributed by atoms with Crippen LogP contribution >= 0.6 is 0 Å². The second-order valence-electron chi connectivity index (χ2n) is 7.73. The van der Waals surface area contributed by atoms with Gasteiger partial charge in [0.1, 0.15) is 6.54 Å². The van der Waals surface area contributed by atoms with E-state index in [1.165, 1.54) is 28.0 Å². The van der Waals surface area contributed by atoms with Crippen LogP contribution in [-0.2, 0) is 20.5 Å². The molecule has 0 saturated carbocycles. The average Bonchev–Trinajstić information content (AvgIpc) is 3.09. The number of amides is 4. The zero-order valence-corrected chi connectivity index (χ0v) is 17.4. The molecule has 0 aromatic heterocycles. The predicted octanol–water partition coefficient (Wildman–Crippen LogP) is 1.75. The van der Waals surface area contributed by atoms with Crippen molar-refractivity contribution in [2.75, 3.05) is 45.9 Å². The summed E-state index contributed by atoms with van der Waals surface area (Å²) < 4.78 is 46.2. The molecule has 3 aliphatic heterocycles. The highest BCUT2D eigenvalue weighted by atomic mass is 19.4. The van der Waals surface area contributed by atoms with Gasteiger partial charge in [0, 0.05) is 19.6 Å². The van der Waals surface area contributed by atoms with E-state index in [0.717, 1.165) is 6.07 Å². The van der Waals surface area contributed by atoms with Crippen molar-refractivity contribution in [1.29, 1.82) is 0 Å². The van der Waals surface area contributed by atoms with Gasteiger partial charge in [-0.05, 0) is 18.6 Å². The Labute approximate surface area is 182 Å². The van der Waals surface area contributed by atoms with Gasteiger partial charge in [-0.1, -0.05) is 18.2 Å². The Hall–Kier alpha value is -3.08. The van der Waals surface area contributed by atoms with Crippen molar-refractivity contribution in [3.05, 3.63) is 46.7 Å². The fraction of sp³-hybridized carbons (Fsp3) is 0.476. The average molecular weight is 452 g/mol. The van der Waals surface area contributed by atoms with Gasteiger partial charge in [-0.25, -0.2) is 4.79 Å². The summed E-state index contributed by atoms with van der Waals surface area (Å²) in [5.41, 5.74) is -0.722. The Balaban J connectivity index is 1.67. The molecule has 32 heavy (non-hydrogen) atoms. The number of benzene rings is 1. The Kier molecular flexibility index (Phi) is 5.85. The molecule has 1 saturated heterocycles. The summed E-state index contributed by atoms with van der Waals surface area (Å²) in [5.74, 6) is -0.821. The van der Waals surface area contributed by atoms with Crippen molar-refractivity contribution >= 4 is 17.8 Å². The maximum absolute atomic E-state index is 13.6. The number of hydrogen-bond acceptors (Lipinski definition) is 4. The smallest absolute Gasteiger partial charge is 0.378 e. The van der Waals surface area contributed by atoms with E-state index in [-0.39, 0.29) is 36.7 Å². The third-order valence-corrected chi connectivity index (χ3v) is 5.88. The Morgan fingerprint density at radius 2 is 1.88 bits per heavy atom. The summed E-state index contributed by atoms with van der Waals surface area (Å²) in [6.45, 7) is 3.35. The molecule has 3 heterocycles. The zero-order valence-electron chi connectivity index (χ0n) is 17.4. The molecule has 4 amide bonds. The van der Waals surface area contributed by atoms with Crippen LogP contribution in [0.2, 0.25) is 0 Å². The largest absolute Gasteiger partial charge is 0.416 e. The minimum atomic E-state index is -4.66. The molecule has 1 fully saturated rings. The number of likely N-dealkylation sites (N-methyl/N-ethyl adjacent to an activating group) is 1. The normalized spacial score (nSPS) is 21.8. The molecule has 0 aliphatic carbocycles. The van der Waals surface area contributed by atoms with E-state index in [1.807, 2.05) is 0 Å². The van der Waals surface area contributed by atoms with Crippen LogP contribution in [0.1, 0.15) is 24.1 Å². The fourth-order valence-corrected chi connectivity index (χ4v) is 4.33. The summed E-state index contributed by atoms with van der Waals surface area (Å²) >= 11 is 0. The zero-order chi connectivity index (χ0) is 23.0. The number of urea groups is 1. The lowest BCUT2D eigenvalue weighted by atomic mass is 9.91. The van der Waals surface area contributed by atoms with Gasteiger partial charge in [-0.3, -0.25) is 14.5 Å². The van der Waals surface area contributed by atoms with Crippen LogP contribution in [0.25, 0.3) is 0 Å². The van der Waals surface area contributed by atoms with Crippen molar-refractivity contribution in [3.63, 3.8) is 0 Å². The highest BCUT2D eigenvalue weighted by molar-refractivity contribution is 6.03. The Morgan fingerprint density at radius 1 is 1.19 bits per heavy atom. The van der Waals surface area contributed by atoms with Crippen molar-refractivity contribution < 1.29 is 32.3 Å². The van der Waals surface area contributed by atoms with E-state index in [9.17, 15) is 27.6 Å². The van der Waals surface area contributed by atoms with Crippen molar-refractivity contribution in [3.8, 4) is 0 Å². The van der Waals surface area contributed by atoms with Gasteiger partial charge in [0.2, 0.25) is 5.91 Å². The SMILES string of the molecule is CCN1C(=O)NC(c2ccccc2C(F)(F)F)C2=C1CN(CC(=O)N1CCOCC1)C2=O. The van der Waals surface area contributed by atoms with Gasteiger partial charge < -0.3 is 19.9 Å². The number of nitrogens with zero attached hydrogens (tertiary/aromatic N) is 3. The number of alkyl halides is 3. The van der Waals surface area contributed by atoms with E-state index >= 15 is 0 Å². The van der Waals surface area contributed by atoms with E-state index < -0.39 is 29.7 Å². The summed E-state index contributed by atoms with van der Waals surface area (Å²) in [6, 6.07) is 3.04. The number of carbonyl (C=O) groups excluding carboxylic acids is 3. The molecule has 1 atom stereocenters. The minimum absolute atomic E-state index is 0.0177. The van der Waals surface area contributed by atoms with Crippen LogP contribution < -0.4 is 5.32 Å². The number of hydrogen-bond donors (Lipinski definition) is 1. The van der Waals surface area contributed by atoms with E-state index in [2.05, 4.69) is 5.32 Å². The molecule has 8 nitrogen and oxygen atoms in total. The Morgan fingerprint density at radius 3 is 2.53 bits per heavy atom. The van der Waals surface area contributed by atoms with Crippen LogP contribution in [0.15, 0.2) is 35.5 Å². The van der Waals surface area contributed by atoms with Gasteiger partial charge in [0.15, 0.2) is 0 Å². The molecule has 1 N–H and O–H groups in total. The molecule has 0 radical (unpaired) electrons. The van der Waals surface area contributed by atoms with Gasteiger partial charge in [-0.15, -0.1) is 0 Å². The molecule has 0 spiro atoms. The van der Waals surface area contributed by atoms with E-state index in [1.54, 1.807) is 11.8 Å². The maximum Gasteiger partial charge on any atom is 0.416 e. The predicted molar refractivity (Wildman–Crippen MR) is 106 cm³/mol. The highest BCUT2D eigenvalue weighted by Crippen LogP contribution is 2.41. The van der Waals surface area contributed by atoms with Crippen LogP contribution in [0, 0.1) is 0 Å². The molecular weight excluding hydrogens is 429 g/mol. The molecule has 3 aliphatic rings. The number of nitrogens with one attached hydrogen (secondary N) is 1. The number of carbonyl (C=O) groups is 3. The summed E-state index contributed by atoms with van der Waals surface area (Å²) in [4.78, 5) is 42.8. The third kappa shape index (κ3) is 3.92. The summed E-state index contributed by atoms with van der Waals surface area (Å²) in [5, 5.41) is 2.56. The van der Waals surface area contributed by atoms with Crippen LogP contribution in [0.5, 0.6) is 0 Å². The van der Waals surface area contributed by atoms with Crippen LogP contribution in [-0.4, -0.2) is 78.5 Å². The van der Waals surface area contributed by atoms with Crippen molar-refractivity contribution in [2.45, 2.75) is 19.1 Å². The standard InChI is InChI=1S/C21H23F3N4O4/c1-2-28-15-11-27(12-16(29)26-7-9-32-10-8-26)19(30)17(15)18(25-20(28)31)13-5-3-4-6-14(13)21(22,23)24/h3-6,18H,2,7-12H2,1H3,(H,25,31). The molecule has 0 bridgehead atoms. The lowest BCUT2D eigenvalue weighted by Gasteiger charge is -2.33. The first-order chi connectivity index (χ1) is 15.2. The quantitative estimate of drug-likeness (QED) is 0.755. The van der Waals surface area contributed by atoms with Gasteiger partial charge >= 0.3 is 12.2 Å². The van der Waals surface area contributed by atoms with Crippen molar-refractivity contribution in [1.82, 2.24) is 20.0 Å². The van der Waals surface area contributed by atoms with E-state index in [4.69, 9.17) is 4.74 Å². The lowest BCUT2D eigenvalue weighted by Crippen LogP contribution is -2.47. The van der Waals surface area contributed by atoms with Gasteiger partial charge in [-0.2, -0.15) is 13.2 Å². The Bertz CT molecular complexity index is 972. The molecule has 1 aromatic carbocycles. The first-order valence-electron chi connectivity index (χ1n) is 10.3. The van der Waals surface area contributed by atoms with Crippen LogP contribution in [0.4, 0.5) is 18.0 Å². The molecule has 1 unspecified atom stereocenters. The number of morpholine rings is 1. The first-order valence-corrected chi connectivity index (χ1v) is 10.3. The first kappa shape index (κ1) is 22.1. The lowest BCUT2D eigenvalue weighted by molar-refractivity contribution is -0.140. The molecule has 172 valence electrons. The van der Waals surface area contributed by atoms with Gasteiger partial charge in [0.05, 0.1) is 42.6 Å². The minimum Gasteiger partial charge on any atom is -0.378 e. The van der Waals surface area contributed by atoms with Gasteiger partial charge in [0.25, 0.3) is 5.91 Å². The molecule has 1 aromatic rings. The summed E-state index contributed by atoms with van der Waals surface area (Å²) in [7, 11) is 0. The molecule has 4 rings (SSSR count). The molecule has 11 heteroatoms. The second-order valence-corrected chi connectivity index (χ2v) is 7.73. The number of rotatable bonds is 4. The molecular formula is C21H23F3N4O4. The monoisotopic (exact) mass is 452 g/mol. The van der Waals surface area contributed by atoms with Crippen molar-refractivity contribution in [2.24, 2.45) is 0 Å². The highest BCUT2D eigenvalue weighted by Gasteiger charge is 2.46. The number of ether oxygens (including phenoxy) is 1.